The predicted octanol–water partition coefficient (Wildman–Crippen LogP) is 5.87. The van der Waals surface area contributed by atoms with E-state index < -0.39 is 0 Å². The second kappa shape index (κ2) is 9.44. The van der Waals surface area contributed by atoms with Gasteiger partial charge in [-0.2, -0.15) is 0 Å². The number of aliphatic hydroxyl groups excluding tert-OH is 1. The Morgan fingerprint density at radius 1 is 1.11 bits per heavy atom. The van der Waals surface area contributed by atoms with Gasteiger partial charge in [0.1, 0.15) is 5.01 Å². The molecule has 3 N–H and O–H groups in total. The van der Waals surface area contributed by atoms with E-state index in [4.69, 9.17) is 10.1 Å². The van der Waals surface area contributed by atoms with Gasteiger partial charge in [0, 0.05) is 57.7 Å². The number of hydrogen-bond acceptors (Lipinski definition) is 5. The molecule has 1 aliphatic rings. The molecule has 4 aromatic rings. The van der Waals surface area contributed by atoms with Gasteiger partial charge in [0.05, 0.1) is 11.3 Å². The highest BCUT2D eigenvalue weighted by molar-refractivity contribution is 7.13. The van der Waals surface area contributed by atoms with Gasteiger partial charge < -0.3 is 15.4 Å². The molecule has 0 spiro atoms. The number of rotatable bonds is 7. The second-order valence-electron chi connectivity index (χ2n) is 8.59. The molecule has 1 aliphatic heterocycles. The molecule has 0 saturated carbocycles. The third-order valence-corrected chi connectivity index (χ3v) is 7.12. The van der Waals surface area contributed by atoms with Crippen molar-refractivity contribution in [2.75, 3.05) is 11.9 Å². The fourth-order valence-corrected chi connectivity index (χ4v) is 5.29. The number of aromatic nitrogens is 2. The van der Waals surface area contributed by atoms with Gasteiger partial charge in [0.2, 0.25) is 0 Å². The number of nitrogens with zero attached hydrogens (tertiary/aromatic N) is 1. The topological polar surface area (TPSA) is 95.1 Å². The molecule has 2 aromatic carbocycles. The van der Waals surface area contributed by atoms with Crippen LogP contribution in [0.25, 0.3) is 33.5 Å². The minimum Gasteiger partial charge on any atom is -0.396 e. The number of Topliss-reactive ketones (excluding diaryl/α,β-unsaturated/α-hetero) is 1. The Hall–Kier alpha value is -3.81. The van der Waals surface area contributed by atoms with Crippen LogP contribution in [-0.4, -0.2) is 33.4 Å². The van der Waals surface area contributed by atoms with Crippen molar-refractivity contribution in [2.24, 2.45) is 0 Å². The van der Waals surface area contributed by atoms with Crippen LogP contribution in [-0.2, 0) is 4.79 Å². The fraction of sp³-hybridized carbons (Fsp3) is 0.179. The molecule has 2 aromatic heterocycles. The minimum atomic E-state index is -0.180. The lowest BCUT2D eigenvalue weighted by Gasteiger charge is -2.03. The molecule has 0 saturated heterocycles. The van der Waals surface area contributed by atoms with E-state index in [1.807, 2.05) is 73.8 Å². The maximum atomic E-state index is 12.8. The molecule has 0 bridgehead atoms. The van der Waals surface area contributed by atoms with Crippen LogP contribution in [0.4, 0.5) is 5.69 Å². The van der Waals surface area contributed by atoms with Gasteiger partial charge in [0.25, 0.3) is 5.91 Å². The van der Waals surface area contributed by atoms with Gasteiger partial charge >= 0.3 is 0 Å². The van der Waals surface area contributed by atoms with Crippen molar-refractivity contribution in [3.05, 3.63) is 82.0 Å². The van der Waals surface area contributed by atoms with E-state index in [1.54, 1.807) is 11.3 Å². The van der Waals surface area contributed by atoms with Gasteiger partial charge in [-0.15, -0.1) is 11.3 Å². The van der Waals surface area contributed by atoms with E-state index in [0.29, 0.717) is 17.6 Å². The Balaban J connectivity index is 1.50. The highest BCUT2D eigenvalue weighted by Gasteiger charge is 2.26. The monoisotopic (exact) mass is 483 g/mol. The van der Waals surface area contributed by atoms with Crippen LogP contribution in [0.2, 0.25) is 0 Å². The second-order valence-corrected chi connectivity index (χ2v) is 9.45. The van der Waals surface area contributed by atoms with Crippen LogP contribution < -0.4 is 5.32 Å². The normalized spacial score (nSPS) is 13.8. The number of ketones is 1. The van der Waals surface area contributed by atoms with Crippen molar-refractivity contribution in [1.29, 1.82) is 0 Å². The number of hydrogen-bond donors (Lipinski definition) is 3. The molecule has 7 heteroatoms. The Kier molecular flexibility index (Phi) is 6.19. The third-order valence-electron chi connectivity index (χ3n) is 6.23. The summed E-state index contributed by atoms with van der Waals surface area (Å²) in [5, 5.41) is 15.0. The molecule has 0 atom stereocenters. The van der Waals surface area contributed by atoms with Gasteiger partial charge in [-0.3, -0.25) is 9.59 Å². The molecule has 0 radical (unpaired) electrons. The SMILES string of the molecule is Cc1[nH]c(/C=C2\C(=O)Nc3ccc(-c4csc(-c5ccccc5)n4)cc32)c(C)c1C(=O)CCCO. The van der Waals surface area contributed by atoms with Crippen LogP contribution in [0.1, 0.15) is 45.7 Å². The number of carbonyl (C=O) groups excluding carboxylic acids is 2. The highest BCUT2D eigenvalue weighted by Crippen LogP contribution is 2.38. The smallest absolute Gasteiger partial charge is 0.256 e. The van der Waals surface area contributed by atoms with Crippen LogP contribution >= 0.6 is 11.3 Å². The summed E-state index contributed by atoms with van der Waals surface area (Å²) in [5.41, 5.74) is 7.91. The molecule has 0 fully saturated rings. The summed E-state index contributed by atoms with van der Waals surface area (Å²) < 4.78 is 0. The van der Waals surface area contributed by atoms with Gasteiger partial charge in [-0.05, 0) is 44.0 Å². The van der Waals surface area contributed by atoms with Crippen LogP contribution in [0.3, 0.4) is 0 Å². The van der Waals surface area contributed by atoms with E-state index in [-0.39, 0.29) is 24.7 Å². The highest BCUT2D eigenvalue weighted by atomic mass is 32.1. The average Bonchev–Trinajstić information content (AvgIpc) is 3.54. The van der Waals surface area contributed by atoms with E-state index in [2.05, 4.69) is 10.3 Å². The first-order valence-electron chi connectivity index (χ1n) is 11.5. The quantitative estimate of drug-likeness (QED) is 0.226. The Labute approximate surface area is 207 Å². The van der Waals surface area contributed by atoms with Crippen molar-refractivity contribution in [3.8, 4) is 21.8 Å². The Bertz CT molecular complexity index is 1460. The number of anilines is 1. The lowest BCUT2D eigenvalue weighted by Crippen LogP contribution is -2.04. The molecule has 3 heterocycles. The van der Waals surface area contributed by atoms with Gasteiger partial charge in [-0.25, -0.2) is 4.98 Å². The summed E-state index contributed by atoms with van der Waals surface area (Å²) in [7, 11) is 0. The number of thiazole rings is 1. The van der Waals surface area contributed by atoms with E-state index in [9.17, 15) is 9.59 Å². The number of amides is 1. The molecule has 6 nitrogen and oxygen atoms in total. The molecule has 0 aliphatic carbocycles. The number of carbonyl (C=O) groups is 2. The average molecular weight is 484 g/mol. The van der Waals surface area contributed by atoms with Crippen LogP contribution in [0.15, 0.2) is 53.9 Å². The van der Waals surface area contributed by atoms with E-state index >= 15 is 0 Å². The number of benzene rings is 2. The molecular weight excluding hydrogens is 458 g/mol. The maximum absolute atomic E-state index is 12.8. The zero-order chi connectivity index (χ0) is 24.5. The Morgan fingerprint density at radius 2 is 1.91 bits per heavy atom. The summed E-state index contributed by atoms with van der Waals surface area (Å²) in [6.45, 7) is 3.72. The summed E-state index contributed by atoms with van der Waals surface area (Å²) in [5.74, 6) is -0.188. The minimum absolute atomic E-state index is 0.00809. The van der Waals surface area contributed by atoms with Crippen molar-refractivity contribution in [2.45, 2.75) is 26.7 Å². The first kappa shape index (κ1) is 23.0. The zero-order valence-electron chi connectivity index (χ0n) is 19.5. The van der Waals surface area contributed by atoms with Crippen molar-refractivity contribution < 1.29 is 14.7 Å². The molecular formula is C28H25N3O3S. The summed E-state index contributed by atoms with van der Waals surface area (Å²) in [6, 6.07) is 15.9. The van der Waals surface area contributed by atoms with Crippen molar-refractivity contribution in [1.82, 2.24) is 9.97 Å². The maximum Gasteiger partial charge on any atom is 0.256 e. The lowest BCUT2D eigenvalue weighted by atomic mass is 9.99. The number of nitrogens with one attached hydrogen (secondary N) is 2. The van der Waals surface area contributed by atoms with Crippen molar-refractivity contribution in [3.63, 3.8) is 0 Å². The predicted molar refractivity (Wildman–Crippen MR) is 140 cm³/mol. The van der Waals surface area contributed by atoms with Crippen LogP contribution in [0, 0.1) is 13.8 Å². The van der Waals surface area contributed by atoms with E-state index in [0.717, 1.165) is 50.0 Å². The number of aliphatic hydroxyl groups is 1. The Morgan fingerprint density at radius 3 is 2.69 bits per heavy atom. The van der Waals surface area contributed by atoms with Gasteiger partial charge in [0.15, 0.2) is 5.78 Å². The van der Waals surface area contributed by atoms with Crippen molar-refractivity contribution >= 4 is 40.4 Å². The van der Waals surface area contributed by atoms with Gasteiger partial charge in [-0.1, -0.05) is 36.4 Å². The summed E-state index contributed by atoms with van der Waals surface area (Å²) in [6.07, 6.45) is 2.53. The lowest BCUT2D eigenvalue weighted by molar-refractivity contribution is -0.110. The first-order valence-corrected chi connectivity index (χ1v) is 12.4. The standard InChI is InChI=1S/C28H25N3O3S/c1-16-23(29-17(2)26(16)25(33)9-6-12-32)14-21-20-13-19(10-11-22(20)30-27(21)34)24-15-35-28(31-24)18-7-4-3-5-8-18/h3-5,7-8,10-11,13-15,29,32H,6,9,12H2,1-2H3,(H,30,34)/b21-14-. The van der Waals surface area contributed by atoms with E-state index in [1.165, 1.54) is 0 Å². The molecule has 176 valence electrons. The number of fused-ring (bicyclic) bond motifs is 1. The first-order chi connectivity index (χ1) is 17.0. The number of aryl methyl sites for hydroxylation is 1. The molecule has 1 amide bonds. The zero-order valence-corrected chi connectivity index (χ0v) is 20.3. The molecule has 5 rings (SSSR count). The summed E-state index contributed by atoms with van der Waals surface area (Å²) >= 11 is 1.59. The third kappa shape index (κ3) is 4.36. The van der Waals surface area contributed by atoms with Crippen LogP contribution in [0.5, 0.6) is 0 Å². The number of H-pyrrole nitrogens is 1. The number of aromatic amines is 1. The molecule has 35 heavy (non-hydrogen) atoms. The summed E-state index contributed by atoms with van der Waals surface area (Å²) in [4.78, 5) is 33.6. The molecule has 0 unspecified atom stereocenters. The fourth-order valence-electron chi connectivity index (χ4n) is 4.46. The largest absolute Gasteiger partial charge is 0.396 e.